The molecule has 0 spiro atoms. The number of halogens is 1. The maximum Gasteiger partial charge on any atom is 0.347 e. The predicted molar refractivity (Wildman–Crippen MR) is 114 cm³/mol. The summed E-state index contributed by atoms with van der Waals surface area (Å²) in [6, 6.07) is 14.2. The van der Waals surface area contributed by atoms with Crippen molar-refractivity contribution >= 4 is 45.1 Å². The normalized spacial score (nSPS) is 22.8. The Labute approximate surface area is 170 Å². The molecule has 1 fully saturated rings. The third kappa shape index (κ3) is 3.47. The van der Waals surface area contributed by atoms with Crippen LogP contribution in [-0.2, 0) is 6.54 Å². The average Bonchev–Trinajstić information content (AvgIpc) is 2.98. The minimum atomic E-state index is 0.0963. The van der Waals surface area contributed by atoms with E-state index in [0.29, 0.717) is 10.5 Å². The quantitative estimate of drug-likeness (QED) is 0.546. The van der Waals surface area contributed by atoms with Gasteiger partial charge in [0, 0.05) is 21.0 Å². The molecular weight excluding hydrogens is 428 g/mol. The summed E-state index contributed by atoms with van der Waals surface area (Å²) in [4.78, 5) is 13.1. The fraction of sp³-hybridized carbons (Fsp3) is 0.300. The zero-order chi connectivity index (χ0) is 18.3. The van der Waals surface area contributed by atoms with Crippen LogP contribution in [0.3, 0.4) is 0 Å². The molecule has 1 aromatic carbocycles. The first-order valence-corrected chi connectivity index (χ1v) is 11.3. The van der Waals surface area contributed by atoms with Gasteiger partial charge in [0.25, 0.3) is 5.65 Å². The Balaban J connectivity index is 1.82. The van der Waals surface area contributed by atoms with E-state index in [2.05, 4.69) is 64.8 Å². The Hall–Kier alpha value is -1.24. The largest absolute Gasteiger partial charge is 0.347 e. The molecule has 6 heteroatoms. The van der Waals surface area contributed by atoms with Crippen molar-refractivity contribution < 1.29 is 4.57 Å². The van der Waals surface area contributed by atoms with Gasteiger partial charge in [-0.15, -0.1) is 23.5 Å². The molecule has 2 atom stereocenters. The molecule has 0 radical (unpaired) electrons. The van der Waals surface area contributed by atoms with Crippen LogP contribution < -0.4 is 10.1 Å². The minimum Gasteiger partial charge on any atom is -0.240 e. The molecule has 0 saturated carbocycles. The van der Waals surface area contributed by atoms with Crippen molar-refractivity contribution in [3.8, 4) is 0 Å². The number of rotatable bonds is 3. The highest BCUT2D eigenvalue weighted by molar-refractivity contribution is 9.10. The number of pyridine rings is 1. The molecule has 2 aromatic heterocycles. The van der Waals surface area contributed by atoms with Crippen LogP contribution in [0.4, 0.5) is 0 Å². The summed E-state index contributed by atoms with van der Waals surface area (Å²) in [5.74, 6) is 0. The maximum absolute atomic E-state index is 13.1. The zero-order valence-corrected chi connectivity index (χ0v) is 17.9. The van der Waals surface area contributed by atoms with E-state index in [4.69, 9.17) is 0 Å². The fourth-order valence-corrected chi connectivity index (χ4v) is 6.93. The molecule has 26 heavy (non-hydrogen) atoms. The number of fused-ring (bicyclic) bond motifs is 1. The average molecular weight is 448 g/mol. The fourth-order valence-electron chi connectivity index (χ4n) is 3.13. The first kappa shape index (κ1) is 18.1. The molecule has 0 N–H and O–H groups in total. The van der Waals surface area contributed by atoms with E-state index in [9.17, 15) is 4.79 Å². The first-order chi connectivity index (χ1) is 12.5. The second kappa shape index (κ2) is 7.41. The highest BCUT2D eigenvalue weighted by atomic mass is 79.9. The summed E-state index contributed by atoms with van der Waals surface area (Å²) >= 11 is 7.28. The lowest BCUT2D eigenvalue weighted by Gasteiger charge is -2.11. The van der Waals surface area contributed by atoms with E-state index in [1.54, 1.807) is 4.40 Å². The van der Waals surface area contributed by atoms with Gasteiger partial charge in [0.1, 0.15) is 18.3 Å². The lowest BCUT2D eigenvalue weighted by atomic mass is 10.2. The van der Waals surface area contributed by atoms with Gasteiger partial charge in [-0.05, 0) is 23.8 Å². The Morgan fingerprint density at radius 2 is 1.77 bits per heavy atom. The molecule has 1 saturated heterocycles. The number of hydrogen-bond donors (Lipinski definition) is 0. The molecule has 0 amide bonds. The number of nitrogens with zero attached hydrogens (tertiary/aromatic N) is 2. The summed E-state index contributed by atoms with van der Waals surface area (Å²) in [7, 11) is 0. The molecular formula is C20H20BrN2OS2+. The molecule has 1 aliphatic rings. The van der Waals surface area contributed by atoms with Gasteiger partial charge >= 0.3 is 5.56 Å². The van der Waals surface area contributed by atoms with Crippen molar-refractivity contribution in [1.29, 1.82) is 0 Å². The smallest absolute Gasteiger partial charge is 0.240 e. The van der Waals surface area contributed by atoms with Gasteiger partial charge in [0.15, 0.2) is 0 Å². The van der Waals surface area contributed by atoms with Gasteiger partial charge in [-0.25, -0.2) is 9.36 Å². The van der Waals surface area contributed by atoms with Crippen LogP contribution in [0.15, 0.2) is 64.1 Å². The van der Waals surface area contributed by atoms with Crippen molar-refractivity contribution in [2.75, 3.05) is 0 Å². The van der Waals surface area contributed by atoms with E-state index in [1.807, 2.05) is 47.9 Å². The summed E-state index contributed by atoms with van der Waals surface area (Å²) in [5, 5.41) is 1.11. The zero-order valence-electron chi connectivity index (χ0n) is 14.6. The second-order valence-electron chi connectivity index (χ2n) is 6.59. The van der Waals surface area contributed by atoms with Gasteiger partial charge < -0.3 is 0 Å². The molecule has 0 bridgehead atoms. The van der Waals surface area contributed by atoms with Crippen molar-refractivity contribution in [2.45, 2.75) is 35.5 Å². The Morgan fingerprint density at radius 1 is 1.08 bits per heavy atom. The third-order valence-corrected chi connectivity index (χ3v) is 8.80. The van der Waals surface area contributed by atoms with Crippen LogP contribution >= 0.6 is 39.5 Å². The number of hydrogen-bond acceptors (Lipinski definition) is 3. The molecule has 0 aliphatic carbocycles. The monoisotopic (exact) mass is 447 g/mol. The lowest BCUT2D eigenvalue weighted by Crippen LogP contribution is -2.41. The number of aromatic nitrogens is 2. The van der Waals surface area contributed by atoms with Crippen molar-refractivity contribution in [3.05, 3.63) is 80.8 Å². The van der Waals surface area contributed by atoms with Crippen LogP contribution in [0.25, 0.3) is 5.65 Å². The summed E-state index contributed by atoms with van der Waals surface area (Å²) in [6.07, 6.45) is 3.94. The molecule has 4 rings (SSSR count). The molecule has 2 unspecified atom stereocenters. The van der Waals surface area contributed by atoms with E-state index in [1.165, 1.54) is 5.56 Å². The van der Waals surface area contributed by atoms with E-state index >= 15 is 0 Å². The van der Waals surface area contributed by atoms with Gasteiger partial charge in [0.05, 0.1) is 10.8 Å². The molecule has 3 aromatic rings. The van der Waals surface area contributed by atoms with E-state index in [0.717, 1.165) is 22.2 Å². The second-order valence-corrected chi connectivity index (χ2v) is 10.8. The van der Waals surface area contributed by atoms with E-state index < -0.39 is 0 Å². The Bertz CT molecular complexity index is 993. The SMILES string of the molecule is CC1SC(c2c[n+](Cc3ccc(Br)cc3)c3ccccn3c2=O)SC1C. The molecule has 3 nitrogen and oxygen atoms in total. The summed E-state index contributed by atoms with van der Waals surface area (Å²) in [6.45, 7) is 5.23. The van der Waals surface area contributed by atoms with E-state index in [-0.39, 0.29) is 10.1 Å². The van der Waals surface area contributed by atoms with Crippen molar-refractivity contribution in [3.63, 3.8) is 0 Å². The highest BCUT2D eigenvalue weighted by Crippen LogP contribution is 2.52. The lowest BCUT2D eigenvalue weighted by molar-refractivity contribution is -0.666. The third-order valence-electron chi connectivity index (χ3n) is 4.75. The van der Waals surface area contributed by atoms with Crippen LogP contribution in [-0.4, -0.2) is 14.9 Å². The summed E-state index contributed by atoms with van der Waals surface area (Å²) < 4.78 is 5.24. The molecule has 1 aliphatic heterocycles. The van der Waals surface area contributed by atoms with Crippen LogP contribution in [0.1, 0.15) is 29.6 Å². The topological polar surface area (TPSA) is 25.4 Å². The number of thioether (sulfide) groups is 2. The minimum absolute atomic E-state index is 0.0963. The predicted octanol–water partition coefficient (Wildman–Crippen LogP) is 4.65. The maximum atomic E-state index is 13.1. The van der Waals surface area contributed by atoms with Gasteiger partial charge in [0.2, 0.25) is 0 Å². The van der Waals surface area contributed by atoms with Gasteiger partial charge in [-0.2, -0.15) is 4.40 Å². The van der Waals surface area contributed by atoms with Crippen molar-refractivity contribution in [1.82, 2.24) is 4.40 Å². The van der Waals surface area contributed by atoms with Crippen LogP contribution in [0.5, 0.6) is 0 Å². The Morgan fingerprint density at radius 3 is 2.46 bits per heavy atom. The first-order valence-electron chi connectivity index (χ1n) is 8.62. The number of benzene rings is 1. The van der Waals surface area contributed by atoms with Gasteiger partial charge in [-0.3, -0.25) is 0 Å². The summed E-state index contributed by atoms with van der Waals surface area (Å²) in [5.41, 5.74) is 3.11. The molecule has 134 valence electrons. The standard InChI is InChI=1S/C20H20BrN2OS2/c1-13-14(2)26-20(25-13)17-12-22(11-15-6-8-16(21)9-7-15)18-5-3-4-10-23(18)19(17)24/h3-10,12-14,20H,11H2,1-2H3/q+1. The highest BCUT2D eigenvalue weighted by Gasteiger charge is 2.34. The Kier molecular flexibility index (Phi) is 5.17. The molecule has 3 heterocycles. The van der Waals surface area contributed by atoms with Crippen molar-refractivity contribution in [2.24, 2.45) is 0 Å². The van der Waals surface area contributed by atoms with Crippen LogP contribution in [0, 0.1) is 0 Å². The van der Waals surface area contributed by atoms with Crippen LogP contribution in [0.2, 0.25) is 0 Å². The van der Waals surface area contributed by atoms with Gasteiger partial charge in [-0.1, -0.05) is 48.0 Å².